The molecule has 0 bridgehead atoms. The third kappa shape index (κ3) is 3.97. The van der Waals surface area contributed by atoms with Crippen LogP contribution in [0.25, 0.3) is 0 Å². The molecule has 2 heterocycles. The highest BCUT2D eigenvalue weighted by Gasteiger charge is 2.38. The standard InChI is InChI=1S/C19H15ClF3N5OS/c1-10-25-26-18-28(10)27-15(11-5-3-2-4-6-11)16(30-18)17(29)24-12-7-8-14(20)13(9-12)19(21,22)23/h2-9,15-16,27H,1H3,(H,24,29)/t15-,16+/m1/s1. The van der Waals surface area contributed by atoms with Gasteiger partial charge in [0.25, 0.3) is 0 Å². The van der Waals surface area contributed by atoms with E-state index in [0.717, 1.165) is 17.7 Å². The Morgan fingerprint density at radius 1 is 1.20 bits per heavy atom. The molecular weight excluding hydrogens is 439 g/mol. The molecule has 0 aliphatic carbocycles. The van der Waals surface area contributed by atoms with Crippen LogP contribution >= 0.6 is 23.4 Å². The van der Waals surface area contributed by atoms with E-state index in [4.69, 9.17) is 11.6 Å². The minimum Gasteiger partial charge on any atom is -0.325 e. The summed E-state index contributed by atoms with van der Waals surface area (Å²) in [6.07, 6.45) is -4.63. The van der Waals surface area contributed by atoms with Crippen LogP contribution in [0.2, 0.25) is 5.02 Å². The normalized spacial score (nSPS) is 18.4. The number of nitrogens with one attached hydrogen (secondary N) is 2. The number of carbonyl (C=O) groups is 1. The summed E-state index contributed by atoms with van der Waals surface area (Å²) in [7, 11) is 0. The van der Waals surface area contributed by atoms with E-state index in [9.17, 15) is 18.0 Å². The second-order valence-corrected chi connectivity index (χ2v) is 8.12. The fourth-order valence-electron chi connectivity index (χ4n) is 3.10. The molecule has 0 radical (unpaired) electrons. The monoisotopic (exact) mass is 453 g/mol. The third-order valence-electron chi connectivity index (χ3n) is 4.55. The van der Waals surface area contributed by atoms with E-state index in [0.29, 0.717) is 11.0 Å². The highest BCUT2D eigenvalue weighted by Crippen LogP contribution is 2.39. The second-order valence-electron chi connectivity index (χ2n) is 6.60. The van der Waals surface area contributed by atoms with Gasteiger partial charge in [-0.2, -0.15) is 13.2 Å². The number of halogens is 4. The molecular formula is C19H15ClF3N5OS. The van der Waals surface area contributed by atoms with Crippen molar-refractivity contribution in [2.75, 3.05) is 10.7 Å². The highest BCUT2D eigenvalue weighted by molar-refractivity contribution is 8.00. The Morgan fingerprint density at radius 3 is 2.63 bits per heavy atom. The van der Waals surface area contributed by atoms with Gasteiger partial charge in [-0.25, -0.2) is 4.68 Å². The number of aryl methyl sites for hydroxylation is 1. The zero-order valence-electron chi connectivity index (χ0n) is 15.4. The smallest absolute Gasteiger partial charge is 0.325 e. The molecule has 2 N–H and O–H groups in total. The zero-order chi connectivity index (χ0) is 21.5. The van der Waals surface area contributed by atoms with Gasteiger partial charge < -0.3 is 10.7 Å². The van der Waals surface area contributed by atoms with Gasteiger partial charge in [-0.3, -0.25) is 4.79 Å². The Balaban J connectivity index is 1.65. The maximum absolute atomic E-state index is 13.1. The van der Waals surface area contributed by atoms with Crippen LogP contribution < -0.4 is 10.7 Å². The van der Waals surface area contributed by atoms with Gasteiger partial charge in [0.15, 0.2) is 0 Å². The predicted molar refractivity (Wildman–Crippen MR) is 108 cm³/mol. The number of rotatable bonds is 3. The first kappa shape index (κ1) is 20.5. The van der Waals surface area contributed by atoms with E-state index >= 15 is 0 Å². The van der Waals surface area contributed by atoms with Gasteiger partial charge in [-0.1, -0.05) is 53.7 Å². The molecule has 2 atom stereocenters. The first-order chi connectivity index (χ1) is 14.2. The summed E-state index contributed by atoms with van der Waals surface area (Å²) in [5.74, 6) is 0.161. The van der Waals surface area contributed by atoms with Gasteiger partial charge in [0.05, 0.1) is 16.6 Å². The average molecular weight is 454 g/mol. The molecule has 0 saturated carbocycles. The molecule has 6 nitrogen and oxygen atoms in total. The molecule has 1 amide bonds. The lowest BCUT2D eigenvalue weighted by Crippen LogP contribution is -2.41. The topological polar surface area (TPSA) is 71.8 Å². The molecule has 0 saturated heterocycles. The summed E-state index contributed by atoms with van der Waals surface area (Å²) in [4.78, 5) is 13.1. The van der Waals surface area contributed by atoms with Crippen molar-refractivity contribution in [2.24, 2.45) is 0 Å². The number of hydrogen-bond donors (Lipinski definition) is 2. The highest BCUT2D eigenvalue weighted by atomic mass is 35.5. The zero-order valence-corrected chi connectivity index (χ0v) is 17.0. The summed E-state index contributed by atoms with van der Waals surface area (Å²) in [5, 5.41) is 9.99. The Hall–Kier alpha value is -2.72. The SMILES string of the molecule is Cc1nnc2n1N[C@H](c1ccccc1)[C@@H](C(=O)Nc1ccc(Cl)c(C(F)(F)F)c1)S2. The number of anilines is 1. The maximum Gasteiger partial charge on any atom is 0.417 e. The molecule has 11 heteroatoms. The van der Waals surface area contributed by atoms with Crippen molar-refractivity contribution in [2.45, 2.75) is 29.5 Å². The van der Waals surface area contributed by atoms with Crippen LogP contribution in [0.15, 0.2) is 53.7 Å². The van der Waals surface area contributed by atoms with Crippen LogP contribution in [0, 0.1) is 6.92 Å². The van der Waals surface area contributed by atoms with Crippen LogP contribution in [0.1, 0.15) is 23.0 Å². The number of alkyl halides is 3. The molecule has 2 aromatic carbocycles. The Kier molecular flexibility index (Phi) is 5.37. The molecule has 1 aromatic heterocycles. The largest absolute Gasteiger partial charge is 0.417 e. The van der Waals surface area contributed by atoms with Gasteiger partial charge >= 0.3 is 6.18 Å². The second kappa shape index (κ2) is 7.84. The number of fused-ring (bicyclic) bond motifs is 1. The molecule has 30 heavy (non-hydrogen) atoms. The number of benzene rings is 2. The van der Waals surface area contributed by atoms with Crippen LogP contribution in [-0.2, 0) is 11.0 Å². The van der Waals surface area contributed by atoms with Gasteiger partial charge in [0.1, 0.15) is 11.1 Å². The first-order valence-electron chi connectivity index (χ1n) is 8.82. The molecule has 1 aliphatic heterocycles. The molecule has 156 valence electrons. The lowest BCUT2D eigenvalue weighted by molar-refractivity contribution is -0.137. The van der Waals surface area contributed by atoms with E-state index in [2.05, 4.69) is 20.9 Å². The molecule has 1 aliphatic rings. The fraction of sp³-hybridized carbons (Fsp3) is 0.211. The Morgan fingerprint density at radius 2 is 1.93 bits per heavy atom. The van der Waals surface area contributed by atoms with Gasteiger partial charge in [-0.05, 0) is 30.7 Å². The average Bonchev–Trinajstić information content (AvgIpc) is 3.08. The quantitative estimate of drug-likeness (QED) is 0.603. The maximum atomic E-state index is 13.1. The first-order valence-corrected chi connectivity index (χ1v) is 10.1. The number of amides is 1. The van der Waals surface area contributed by atoms with E-state index in [-0.39, 0.29) is 5.69 Å². The number of aromatic nitrogens is 3. The van der Waals surface area contributed by atoms with Crippen molar-refractivity contribution < 1.29 is 18.0 Å². The van der Waals surface area contributed by atoms with Crippen LogP contribution in [-0.4, -0.2) is 26.0 Å². The van der Waals surface area contributed by atoms with Crippen molar-refractivity contribution in [1.82, 2.24) is 14.9 Å². The summed E-state index contributed by atoms with van der Waals surface area (Å²) < 4.78 is 41.1. The van der Waals surface area contributed by atoms with Gasteiger partial charge in [0.2, 0.25) is 11.1 Å². The van der Waals surface area contributed by atoms with Gasteiger partial charge in [0, 0.05) is 5.69 Å². The number of nitrogens with zero attached hydrogens (tertiary/aromatic N) is 3. The fourth-order valence-corrected chi connectivity index (χ4v) is 4.45. The summed E-state index contributed by atoms with van der Waals surface area (Å²) in [5.41, 5.74) is 3.07. The Labute approximate surface area is 178 Å². The molecule has 4 rings (SSSR count). The minimum absolute atomic E-state index is 0.00681. The lowest BCUT2D eigenvalue weighted by Gasteiger charge is -2.32. The van der Waals surface area contributed by atoms with Crippen LogP contribution in [0.5, 0.6) is 0 Å². The van der Waals surface area contributed by atoms with Crippen molar-refractivity contribution >= 4 is 35.0 Å². The predicted octanol–water partition coefficient (Wildman–Crippen LogP) is 4.66. The summed E-state index contributed by atoms with van der Waals surface area (Å²) in [6, 6.07) is 12.1. The van der Waals surface area contributed by atoms with E-state index in [1.807, 2.05) is 30.3 Å². The number of hydrogen-bond acceptors (Lipinski definition) is 5. The van der Waals surface area contributed by atoms with Crippen molar-refractivity contribution in [1.29, 1.82) is 0 Å². The molecule has 0 fully saturated rings. The third-order valence-corrected chi connectivity index (χ3v) is 6.10. The summed E-state index contributed by atoms with van der Waals surface area (Å²) >= 11 is 6.85. The molecule has 0 unspecified atom stereocenters. The van der Waals surface area contributed by atoms with Crippen molar-refractivity contribution in [3.05, 3.63) is 70.5 Å². The van der Waals surface area contributed by atoms with E-state index in [1.54, 1.807) is 11.6 Å². The molecule has 3 aromatic rings. The van der Waals surface area contributed by atoms with Crippen LogP contribution in [0.3, 0.4) is 0 Å². The van der Waals surface area contributed by atoms with Crippen LogP contribution in [0.4, 0.5) is 18.9 Å². The van der Waals surface area contributed by atoms with E-state index in [1.165, 1.54) is 17.8 Å². The summed E-state index contributed by atoms with van der Waals surface area (Å²) in [6.45, 7) is 1.78. The van der Waals surface area contributed by atoms with Crippen molar-refractivity contribution in [3.8, 4) is 0 Å². The Bertz CT molecular complexity index is 1090. The minimum atomic E-state index is -4.63. The number of thioether (sulfide) groups is 1. The molecule has 0 spiro atoms. The lowest BCUT2D eigenvalue weighted by atomic mass is 10.0. The van der Waals surface area contributed by atoms with Crippen molar-refractivity contribution in [3.63, 3.8) is 0 Å². The van der Waals surface area contributed by atoms with Gasteiger partial charge in [-0.15, -0.1) is 10.2 Å². The number of carbonyl (C=O) groups excluding carboxylic acids is 1. The van der Waals surface area contributed by atoms with E-state index < -0.39 is 34.0 Å².